The van der Waals surface area contributed by atoms with E-state index >= 15 is 0 Å². The van der Waals surface area contributed by atoms with E-state index in [1.165, 1.54) is 30.3 Å². The lowest BCUT2D eigenvalue weighted by molar-refractivity contribution is -0.129. The Morgan fingerprint density at radius 3 is 2.71 bits per heavy atom. The second kappa shape index (κ2) is 5.57. The first kappa shape index (κ1) is 14.4. The normalized spacial score (nSPS) is 14.5. The molecule has 0 spiro atoms. The number of nitrogens with one attached hydrogen (secondary N) is 1. The number of imide groups is 1. The number of hydrogen-bond acceptors (Lipinski definition) is 5. The lowest BCUT2D eigenvalue weighted by atomic mass is 10.2. The van der Waals surface area contributed by atoms with Crippen LogP contribution in [0.5, 0.6) is 0 Å². The van der Waals surface area contributed by atoms with Gasteiger partial charge in [0.15, 0.2) is 0 Å². The fourth-order valence-electron chi connectivity index (χ4n) is 1.82. The van der Waals surface area contributed by atoms with Crippen molar-refractivity contribution in [3.05, 3.63) is 23.9 Å². The van der Waals surface area contributed by atoms with E-state index in [2.05, 4.69) is 10.3 Å². The van der Waals surface area contributed by atoms with E-state index in [-0.39, 0.29) is 17.9 Å². The number of anilines is 1. The molecule has 1 aromatic heterocycles. The summed E-state index contributed by atoms with van der Waals surface area (Å²) in [6, 6.07) is 2.13. The van der Waals surface area contributed by atoms with Crippen LogP contribution in [-0.2, 0) is 9.59 Å². The van der Waals surface area contributed by atoms with Crippen LogP contribution in [0.1, 0.15) is 10.4 Å². The minimum atomic E-state index is -1.24. The number of pyridine rings is 1. The molecule has 21 heavy (non-hydrogen) atoms. The van der Waals surface area contributed by atoms with Gasteiger partial charge in [-0.3, -0.25) is 14.5 Å². The third-order valence-corrected chi connectivity index (χ3v) is 2.83. The molecule has 1 aliphatic heterocycles. The molecule has 0 atom stereocenters. The zero-order valence-corrected chi connectivity index (χ0v) is 11.1. The second-order valence-electron chi connectivity index (χ2n) is 4.37. The lowest BCUT2D eigenvalue weighted by Gasteiger charge is -2.14. The summed E-state index contributed by atoms with van der Waals surface area (Å²) >= 11 is 0. The number of carbonyl (C=O) groups excluding carboxylic acids is 3. The van der Waals surface area contributed by atoms with Crippen LogP contribution in [0.2, 0.25) is 0 Å². The van der Waals surface area contributed by atoms with Gasteiger partial charge in [0, 0.05) is 13.2 Å². The van der Waals surface area contributed by atoms with E-state index in [4.69, 9.17) is 5.11 Å². The highest BCUT2D eigenvalue weighted by molar-refractivity contribution is 6.07. The number of amides is 4. The molecule has 1 aliphatic rings. The number of hydrogen-bond donors (Lipinski definition) is 2. The highest BCUT2D eigenvalue weighted by Crippen LogP contribution is 2.12. The zero-order valence-electron chi connectivity index (χ0n) is 11.1. The molecule has 2 heterocycles. The van der Waals surface area contributed by atoms with Crippen molar-refractivity contribution in [2.24, 2.45) is 0 Å². The van der Waals surface area contributed by atoms with Gasteiger partial charge >= 0.3 is 12.0 Å². The largest absolute Gasteiger partial charge is 0.478 e. The van der Waals surface area contributed by atoms with E-state index in [0.717, 1.165) is 4.90 Å². The maximum Gasteiger partial charge on any atom is 0.339 e. The van der Waals surface area contributed by atoms with Gasteiger partial charge < -0.3 is 15.3 Å². The van der Waals surface area contributed by atoms with Crippen molar-refractivity contribution < 1.29 is 24.3 Å². The predicted molar refractivity (Wildman–Crippen MR) is 69.6 cm³/mol. The lowest BCUT2D eigenvalue weighted by Crippen LogP contribution is -2.38. The quantitative estimate of drug-likeness (QED) is 0.729. The Bertz CT molecular complexity index is 630. The van der Waals surface area contributed by atoms with Crippen LogP contribution in [0.25, 0.3) is 0 Å². The Balaban J connectivity index is 2.08. The Morgan fingerprint density at radius 1 is 1.43 bits per heavy atom. The minimum absolute atomic E-state index is 0.0872. The van der Waals surface area contributed by atoms with Crippen LogP contribution in [0, 0.1) is 0 Å². The van der Waals surface area contributed by atoms with E-state index in [9.17, 15) is 19.2 Å². The molecule has 0 saturated carbocycles. The van der Waals surface area contributed by atoms with E-state index in [1.54, 1.807) is 0 Å². The average Bonchev–Trinajstić information content (AvgIpc) is 2.66. The van der Waals surface area contributed by atoms with Crippen LogP contribution in [0.3, 0.4) is 0 Å². The molecule has 0 radical (unpaired) electrons. The number of carboxylic acids is 1. The number of carboxylic acid groups (broad SMARTS) is 1. The van der Waals surface area contributed by atoms with Crippen molar-refractivity contribution in [2.45, 2.75) is 0 Å². The van der Waals surface area contributed by atoms with Crippen molar-refractivity contribution in [1.82, 2.24) is 14.8 Å². The topological polar surface area (TPSA) is 120 Å². The number of aromatic nitrogens is 1. The third-order valence-electron chi connectivity index (χ3n) is 2.83. The van der Waals surface area contributed by atoms with Crippen LogP contribution < -0.4 is 5.32 Å². The number of likely N-dealkylation sites (N-methyl/N-ethyl adjacent to an activating group) is 1. The smallest absolute Gasteiger partial charge is 0.339 e. The molecule has 0 unspecified atom stereocenters. The Labute approximate surface area is 119 Å². The summed E-state index contributed by atoms with van der Waals surface area (Å²) in [7, 11) is 1.44. The summed E-state index contributed by atoms with van der Waals surface area (Å²) in [4.78, 5) is 51.7. The van der Waals surface area contributed by atoms with Crippen molar-refractivity contribution in [3.8, 4) is 0 Å². The number of rotatable bonds is 4. The number of aromatic carboxylic acids is 1. The molecule has 9 heteroatoms. The fraction of sp³-hybridized carbons (Fsp3) is 0.250. The highest BCUT2D eigenvalue weighted by atomic mass is 16.4. The molecule has 2 rings (SSSR count). The molecular formula is C12H12N4O5. The molecule has 4 amide bonds. The van der Waals surface area contributed by atoms with Gasteiger partial charge in [0.25, 0.3) is 5.91 Å². The molecule has 1 saturated heterocycles. The van der Waals surface area contributed by atoms with Crippen molar-refractivity contribution in [2.75, 3.05) is 25.5 Å². The number of nitrogens with zero attached hydrogens (tertiary/aromatic N) is 3. The van der Waals surface area contributed by atoms with Crippen LogP contribution in [-0.4, -0.2) is 63.8 Å². The monoisotopic (exact) mass is 292 g/mol. The Kier molecular flexibility index (Phi) is 3.83. The molecule has 1 fully saturated rings. The minimum Gasteiger partial charge on any atom is -0.478 e. The van der Waals surface area contributed by atoms with Gasteiger partial charge in [0.1, 0.15) is 24.5 Å². The molecule has 0 aliphatic carbocycles. The maximum atomic E-state index is 11.8. The standard InChI is InChI=1S/C12H12N4O5/c1-15-6-9(18)16(12(15)21)5-8(17)14-10-7(11(19)20)3-2-4-13-10/h2-4H,5-6H2,1H3,(H,19,20)(H,13,14,17). The summed E-state index contributed by atoms with van der Waals surface area (Å²) in [6.07, 6.45) is 1.32. The maximum absolute atomic E-state index is 11.8. The van der Waals surface area contributed by atoms with Crippen molar-refractivity contribution in [3.63, 3.8) is 0 Å². The molecular weight excluding hydrogens is 280 g/mol. The van der Waals surface area contributed by atoms with Crippen LogP contribution in [0.15, 0.2) is 18.3 Å². The van der Waals surface area contributed by atoms with E-state index in [1.807, 2.05) is 0 Å². The van der Waals surface area contributed by atoms with Crippen molar-refractivity contribution in [1.29, 1.82) is 0 Å². The molecule has 110 valence electrons. The van der Waals surface area contributed by atoms with Gasteiger partial charge in [-0.1, -0.05) is 0 Å². The molecule has 0 bridgehead atoms. The van der Waals surface area contributed by atoms with Gasteiger partial charge in [-0.2, -0.15) is 0 Å². The predicted octanol–water partition coefficient (Wildman–Crippen LogP) is -0.388. The number of urea groups is 1. The highest BCUT2D eigenvalue weighted by Gasteiger charge is 2.34. The summed E-state index contributed by atoms with van der Waals surface area (Å²) in [5, 5.41) is 11.2. The molecule has 0 aromatic carbocycles. The summed E-state index contributed by atoms with van der Waals surface area (Å²) in [5.74, 6) is -2.57. The molecule has 2 N–H and O–H groups in total. The summed E-state index contributed by atoms with van der Waals surface area (Å²) in [5.41, 5.74) is -0.179. The second-order valence-corrected chi connectivity index (χ2v) is 4.37. The zero-order chi connectivity index (χ0) is 15.6. The molecule has 1 aromatic rings. The van der Waals surface area contributed by atoms with Gasteiger partial charge in [-0.05, 0) is 12.1 Å². The Hall–Kier alpha value is -2.97. The third kappa shape index (κ3) is 2.96. The van der Waals surface area contributed by atoms with Gasteiger partial charge in [-0.25, -0.2) is 14.6 Å². The van der Waals surface area contributed by atoms with E-state index in [0.29, 0.717) is 0 Å². The SMILES string of the molecule is CN1CC(=O)N(CC(=O)Nc2ncccc2C(=O)O)C1=O. The van der Waals surface area contributed by atoms with Crippen LogP contribution >= 0.6 is 0 Å². The van der Waals surface area contributed by atoms with Gasteiger partial charge in [-0.15, -0.1) is 0 Å². The fourth-order valence-corrected chi connectivity index (χ4v) is 1.82. The number of carbonyl (C=O) groups is 4. The Morgan fingerprint density at radius 2 is 2.14 bits per heavy atom. The first-order valence-corrected chi connectivity index (χ1v) is 5.93. The van der Waals surface area contributed by atoms with Gasteiger partial charge in [0.05, 0.1) is 0 Å². The van der Waals surface area contributed by atoms with E-state index < -0.39 is 30.4 Å². The van der Waals surface area contributed by atoms with Crippen LogP contribution in [0.4, 0.5) is 10.6 Å². The van der Waals surface area contributed by atoms with Gasteiger partial charge in [0.2, 0.25) is 5.91 Å². The van der Waals surface area contributed by atoms with Crippen molar-refractivity contribution >= 4 is 29.6 Å². The average molecular weight is 292 g/mol. The molecule has 9 nitrogen and oxygen atoms in total. The summed E-state index contributed by atoms with van der Waals surface area (Å²) < 4.78 is 0. The first-order chi connectivity index (χ1) is 9.90. The summed E-state index contributed by atoms with van der Waals surface area (Å²) in [6.45, 7) is -0.576. The first-order valence-electron chi connectivity index (χ1n) is 5.93.